The summed E-state index contributed by atoms with van der Waals surface area (Å²) in [5.41, 5.74) is 4.31. The van der Waals surface area contributed by atoms with E-state index in [1.165, 1.54) is 6.21 Å². The molecule has 0 aliphatic carbocycles. The number of nitrogens with one attached hydrogen (secondary N) is 1. The summed E-state index contributed by atoms with van der Waals surface area (Å²) in [6, 6.07) is 25.5. The van der Waals surface area contributed by atoms with Crippen molar-refractivity contribution < 1.29 is 14.6 Å². The highest BCUT2D eigenvalue weighted by Crippen LogP contribution is 2.25. The molecular weight excluding hydrogens is 412 g/mol. The molecule has 0 saturated carbocycles. The predicted molar refractivity (Wildman–Crippen MR) is 123 cm³/mol. The van der Waals surface area contributed by atoms with Crippen LogP contribution in [0.15, 0.2) is 90.0 Å². The molecule has 0 bridgehead atoms. The third kappa shape index (κ3) is 5.02. The molecule has 0 saturated heterocycles. The molecule has 0 radical (unpaired) electrons. The number of halogens is 1. The van der Waals surface area contributed by atoms with E-state index < -0.39 is 5.91 Å². The molecule has 0 spiro atoms. The van der Waals surface area contributed by atoms with Crippen LogP contribution in [0, 0.1) is 0 Å². The zero-order valence-electron chi connectivity index (χ0n) is 16.5. The summed E-state index contributed by atoms with van der Waals surface area (Å²) < 4.78 is 5.89. The van der Waals surface area contributed by atoms with E-state index in [0.717, 1.165) is 16.3 Å². The van der Waals surface area contributed by atoms with Crippen molar-refractivity contribution in [1.82, 2.24) is 5.43 Å². The van der Waals surface area contributed by atoms with Crippen LogP contribution < -0.4 is 10.2 Å². The summed E-state index contributed by atoms with van der Waals surface area (Å²) in [5, 5.41) is 16.6. The molecule has 4 aromatic carbocycles. The van der Waals surface area contributed by atoms with Gasteiger partial charge in [0.1, 0.15) is 18.1 Å². The Balaban J connectivity index is 1.45. The van der Waals surface area contributed by atoms with Gasteiger partial charge in [0.25, 0.3) is 5.91 Å². The number of hydrazone groups is 1. The largest absolute Gasteiger partial charge is 0.507 e. The molecule has 4 aromatic rings. The molecule has 0 aliphatic rings. The monoisotopic (exact) mass is 430 g/mol. The smallest absolute Gasteiger partial charge is 0.275 e. The van der Waals surface area contributed by atoms with Crippen LogP contribution in [0.1, 0.15) is 21.5 Å². The van der Waals surface area contributed by atoms with Crippen molar-refractivity contribution in [1.29, 1.82) is 0 Å². The molecule has 0 atom stereocenters. The fraction of sp³-hybridized carbons (Fsp3) is 0.0400. The minimum Gasteiger partial charge on any atom is -0.507 e. The van der Waals surface area contributed by atoms with Crippen LogP contribution in [0.4, 0.5) is 0 Å². The maximum atomic E-state index is 12.5. The van der Waals surface area contributed by atoms with E-state index in [1.54, 1.807) is 12.1 Å². The molecule has 6 heteroatoms. The van der Waals surface area contributed by atoms with Gasteiger partial charge in [-0.1, -0.05) is 60.1 Å². The normalized spacial score (nSPS) is 11.0. The second-order valence-corrected chi connectivity index (χ2v) is 7.31. The van der Waals surface area contributed by atoms with Gasteiger partial charge in [-0.15, -0.1) is 0 Å². The molecule has 154 valence electrons. The number of amides is 1. The SMILES string of the molecule is O=C(N/N=C\c1ccccc1OCc1ccc(Cl)cc1)c1cc2ccccc2cc1O. The molecule has 2 N–H and O–H groups in total. The molecular formula is C25H19ClN2O3. The lowest BCUT2D eigenvalue weighted by molar-refractivity contribution is 0.0952. The van der Waals surface area contributed by atoms with Crippen molar-refractivity contribution in [2.24, 2.45) is 5.10 Å². The Morgan fingerprint density at radius 1 is 0.968 bits per heavy atom. The molecule has 0 aromatic heterocycles. The summed E-state index contributed by atoms with van der Waals surface area (Å²) in [6.07, 6.45) is 1.51. The molecule has 5 nitrogen and oxygen atoms in total. The van der Waals surface area contributed by atoms with E-state index in [1.807, 2.05) is 72.8 Å². The van der Waals surface area contributed by atoms with Crippen LogP contribution in [0.25, 0.3) is 10.8 Å². The van der Waals surface area contributed by atoms with Crippen molar-refractivity contribution in [2.45, 2.75) is 6.61 Å². The van der Waals surface area contributed by atoms with Crippen LogP contribution >= 0.6 is 11.6 Å². The highest BCUT2D eigenvalue weighted by Gasteiger charge is 2.12. The fourth-order valence-corrected chi connectivity index (χ4v) is 3.22. The Morgan fingerprint density at radius 3 is 2.42 bits per heavy atom. The van der Waals surface area contributed by atoms with Crippen molar-refractivity contribution in [2.75, 3.05) is 0 Å². The van der Waals surface area contributed by atoms with Gasteiger partial charge < -0.3 is 9.84 Å². The van der Waals surface area contributed by atoms with Gasteiger partial charge in [-0.2, -0.15) is 5.10 Å². The second kappa shape index (κ2) is 9.32. The molecule has 0 aliphatic heterocycles. The maximum absolute atomic E-state index is 12.5. The van der Waals surface area contributed by atoms with Gasteiger partial charge >= 0.3 is 0 Å². The number of ether oxygens (including phenoxy) is 1. The van der Waals surface area contributed by atoms with Crippen molar-refractivity contribution in [3.8, 4) is 11.5 Å². The Morgan fingerprint density at radius 2 is 1.65 bits per heavy atom. The Hall–Kier alpha value is -3.83. The Labute approximate surface area is 184 Å². The summed E-state index contributed by atoms with van der Waals surface area (Å²) in [4.78, 5) is 12.5. The first-order valence-corrected chi connectivity index (χ1v) is 9.99. The van der Waals surface area contributed by atoms with Crippen LogP contribution in [0.5, 0.6) is 11.5 Å². The first-order valence-electron chi connectivity index (χ1n) is 9.61. The summed E-state index contributed by atoms with van der Waals surface area (Å²) in [6.45, 7) is 0.374. The fourth-order valence-electron chi connectivity index (χ4n) is 3.09. The van der Waals surface area contributed by atoms with E-state index in [4.69, 9.17) is 16.3 Å². The molecule has 0 fully saturated rings. The van der Waals surface area contributed by atoms with Gasteiger partial charge in [0.15, 0.2) is 0 Å². The number of phenols is 1. The number of benzene rings is 4. The molecule has 1 amide bonds. The minimum atomic E-state index is -0.501. The van der Waals surface area contributed by atoms with Crippen LogP contribution in [-0.2, 0) is 6.61 Å². The van der Waals surface area contributed by atoms with Gasteiger partial charge in [0.2, 0.25) is 0 Å². The summed E-state index contributed by atoms with van der Waals surface area (Å²) >= 11 is 5.91. The first kappa shape index (κ1) is 20.4. The number of nitrogens with zero attached hydrogens (tertiary/aromatic N) is 1. The van der Waals surface area contributed by atoms with E-state index in [2.05, 4.69) is 10.5 Å². The van der Waals surface area contributed by atoms with Crippen LogP contribution in [-0.4, -0.2) is 17.2 Å². The summed E-state index contributed by atoms with van der Waals surface area (Å²) in [7, 11) is 0. The number of para-hydroxylation sites is 1. The average Bonchev–Trinajstić information content (AvgIpc) is 2.79. The number of phenolic OH excluding ortho intramolecular Hbond substituents is 1. The van der Waals surface area contributed by atoms with Gasteiger partial charge in [0, 0.05) is 10.6 Å². The zero-order chi connectivity index (χ0) is 21.6. The zero-order valence-corrected chi connectivity index (χ0v) is 17.2. The highest BCUT2D eigenvalue weighted by atomic mass is 35.5. The van der Waals surface area contributed by atoms with E-state index in [0.29, 0.717) is 22.9 Å². The summed E-state index contributed by atoms with van der Waals surface area (Å²) in [5.74, 6) is 0.0289. The van der Waals surface area contributed by atoms with Crippen LogP contribution in [0.2, 0.25) is 5.02 Å². The topological polar surface area (TPSA) is 70.9 Å². The maximum Gasteiger partial charge on any atom is 0.275 e. The molecule has 4 rings (SSSR count). The number of rotatable bonds is 6. The van der Waals surface area contributed by atoms with Gasteiger partial charge in [-0.25, -0.2) is 5.43 Å². The predicted octanol–water partition coefficient (Wildman–Crippen LogP) is 5.54. The van der Waals surface area contributed by atoms with Crippen molar-refractivity contribution >= 4 is 34.5 Å². The number of fused-ring (bicyclic) bond motifs is 1. The standard InChI is InChI=1S/C25H19ClN2O3/c26-21-11-9-17(10-12-21)16-31-24-8-4-3-7-20(24)15-27-28-25(30)22-13-18-5-1-2-6-19(18)14-23(22)29/h1-15,29H,16H2,(H,28,30)/b27-15-. The minimum absolute atomic E-state index is 0.0990. The number of hydrogen-bond acceptors (Lipinski definition) is 4. The third-order valence-corrected chi connectivity index (χ3v) is 4.96. The van der Waals surface area contributed by atoms with E-state index in [9.17, 15) is 9.90 Å². The number of hydrogen-bond donors (Lipinski definition) is 2. The Bertz CT molecular complexity index is 1250. The quantitative estimate of drug-likeness (QED) is 0.311. The molecule has 0 unspecified atom stereocenters. The third-order valence-electron chi connectivity index (χ3n) is 4.70. The lowest BCUT2D eigenvalue weighted by atomic mass is 10.1. The first-order chi connectivity index (χ1) is 15.1. The number of carbonyl (C=O) groups excluding carboxylic acids is 1. The number of carbonyl (C=O) groups is 1. The second-order valence-electron chi connectivity index (χ2n) is 6.87. The van der Waals surface area contributed by atoms with Gasteiger partial charge in [0.05, 0.1) is 11.8 Å². The average molecular weight is 431 g/mol. The lowest BCUT2D eigenvalue weighted by Gasteiger charge is -2.09. The van der Waals surface area contributed by atoms with Gasteiger partial charge in [-0.05, 0) is 52.7 Å². The Kier molecular flexibility index (Phi) is 6.15. The lowest BCUT2D eigenvalue weighted by Crippen LogP contribution is -2.17. The van der Waals surface area contributed by atoms with Crippen molar-refractivity contribution in [3.05, 3.63) is 107 Å². The van der Waals surface area contributed by atoms with Gasteiger partial charge in [-0.3, -0.25) is 4.79 Å². The molecule has 0 heterocycles. The highest BCUT2D eigenvalue weighted by molar-refractivity contribution is 6.30. The molecule has 31 heavy (non-hydrogen) atoms. The van der Waals surface area contributed by atoms with E-state index in [-0.39, 0.29) is 11.3 Å². The van der Waals surface area contributed by atoms with Crippen molar-refractivity contribution in [3.63, 3.8) is 0 Å². The number of aromatic hydroxyl groups is 1. The van der Waals surface area contributed by atoms with E-state index >= 15 is 0 Å². The van der Waals surface area contributed by atoms with Crippen LogP contribution in [0.3, 0.4) is 0 Å².